The maximum absolute atomic E-state index is 13.5. The van der Waals surface area contributed by atoms with Crippen molar-refractivity contribution in [2.24, 2.45) is 0 Å². The number of hydrogen-bond donors (Lipinski definition) is 0. The number of carbonyl (C=O) groups is 2. The number of aromatic nitrogens is 2. The molecule has 0 N–H and O–H groups in total. The van der Waals surface area contributed by atoms with Crippen LogP contribution in [0, 0.1) is 13.8 Å². The molecule has 4 aromatic rings. The van der Waals surface area contributed by atoms with Crippen molar-refractivity contribution in [3.8, 4) is 10.6 Å². The third-order valence-electron chi connectivity index (χ3n) is 5.43. The molecule has 9 heteroatoms. The highest BCUT2D eigenvalue weighted by Crippen LogP contribution is 2.31. The van der Waals surface area contributed by atoms with Crippen LogP contribution in [0.4, 0.5) is 0 Å². The molecule has 0 unspecified atom stereocenters. The first-order valence-electron chi connectivity index (χ1n) is 9.97. The van der Waals surface area contributed by atoms with Crippen molar-refractivity contribution in [3.63, 3.8) is 0 Å². The highest BCUT2D eigenvalue weighted by Gasteiger charge is 2.28. The summed E-state index contributed by atoms with van der Waals surface area (Å²) in [6.07, 6.45) is 0. The molecular weight excluding hydrogens is 432 g/mol. The Kier molecular flexibility index (Phi) is 5.07. The molecule has 0 atom stereocenters. The summed E-state index contributed by atoms with van der Waals surface area (Å²) in [5.41, 5.74) is 2.27. The van der Waals surface area contributed by atoms with E-state index in [-0.39, 0.29) is 11.8 Å². The summed E-state index contributed by atoms with van der Waals surface area (Å²) in [4.78, 5) is 37.2. The molecule has 5 rings (SSSR count). The molecule has 0 radical (unpaired) electrons. The third kappa shape index (κ3) is 3.64. The van der Waals surface area contributed by atoms with Gasteiger partial charge < -0.3 is 14.3 Å². The summed E-state index contributed by atoms with van der Waals surface area (Å²) in [6, 6.07) is 9.58. The second kappa shape index (κ2) is 7.90. The Balaban J connectivity index is 1.42. The number of amides is 2. The lowest BCUT2D eigenvalue weighted by Crippen LogP contribution is -2.50. The van der Waals surface area contributed by atoms with E-state index in [1.165, 1.54) is 16.2 Å². The van der Waals surface area contributed by atoms with Gasteiger partial charge in [-0.15, -0.1) is 22.7 Å². The van der Waals surface area contributed by atoms with Crippen LogP contribution in [0.1, 0.15) is 30.6 Å². The number of nitrogens with zero attached hydrogens (tertiary/aromatic N) is 4. The molecule has 1 aliphatic heterocycles. The average Bonchev–Trinajstić information content (AvgIpc) is 3.54. The average molecular weight is 453 g/mol. The number of thiophene rings is 2. The van der Waals surface area contributed by atoms with E-state index in [0.717, 1.165) is 9.75 Å². The van der Waals surface area contributed by atoms with Crippen LogP contribution < -0.4 is 0 Å². The van der Waals surface area contributed by atoms with Crippen molar-refractivity contribution < 1.29 is 14.1 Å². The lowest BCUT2D eigenvalue weighted by Gasteiger charge is -2.34. The van der Waals surface area contributed by atoms with Gasteiger partial charge in [-0.2, -0.15) is 0 Å². The fourth-order valence-electron chi connectivity index (χ4n) is 3.80. The van der Waals surface area contributed by atoms with Crippen molar-refractivity contribution in [2.45, 2.75) is 13.8 Å². The summed E-state index contributed by atoms with van der Waals surface area (Å²) in [7, 11) is 0. The van der Waals surface area contributed by atoms with E-state index in [4.69, 9.17) is 4.52 Å². The van der Waals surface area contributed by atoms with Crippen LogP contribution in [0.25, 0.3) is 21.7 Å². The second-order valence-electron chi connectivity index (χ2n) is 7.48. The van der Waals surface area contributed by atoms with Crippen molar-refractivity contribution in [3.05, 3.63) is 56.7 Å². The SMILES string of the molecule is Cc1ccc(-c2cc(C(=O)N3CCN(C(=O)c4cccs4)CC3)c3c(C)noc3n2)s1. The molecule has 4 aromatic heterocycles. The summed E-state index contributed by atoms with van der Waals surface area (Å²) in [6.45, 7) is 5.84. The molecule has 31 heavy (non-hydrogen) atoms. The van der Waals surface area contributed by atoms with Crippen LogP contribution in [0.2, 0.25) is 0 Å². The molecule has 7 nitrogen and oxygen atoms in total. The lowest BCUT2D eigenvalue weighted by atomic mass is 10.1. The van der Waals surface area contributed by atoms with Crippen LogP contribution in [-0.4, -0.2) is 57.9 Å². The molecule has 2 amide bonds. The molecule has 1 fully saturated rings. The predicted molar refractivity (Wildman–Crippen MR) is 121 cm³/mol. The monoisotopic (exact) mass is 452 g/mol. The van der Waals surface area contributed by atoms with Crippen molar-refractivity contribution in [1.82, 2.24) is 19.9 Å². The lowest BCUT2D eigenvalue weighted by molar-refractivity contribution is 0.0539. The van der Waals surface area contributed by atoms with E-state index in [0.29, 0.717) is 54.2 Å². The summed E-state index contributed by atoms with van der Waals surface area (Å²) < 4.78 is 5.41. The molecular formula is C22H20N4O3S2. The fraction of sp³-hybridized carbons (Fsp3) is 0.273. The van der Waals surface area contributed by atoms with Gasteiger partial charge in [-0.05, 0) is 43.5 Å². The van der Waals surface area contributed by atoms with Gasteiger partial charge in [0, 0.05) is 31.1 Å². The van der Waals surface area contributed by atoms with Crippen LogP contribution in [-0.2, 0) is 0 Å². The number of fused-ring (bicyclic) bond motifs is 1. The zero-order valence-corrected chi connectivity index (χ0v) is 18.8. The standard InChI is InChI=1S/C22H20N4O3S2/c1-13-5-6-17(31-13)16-12-15(19-14(2)24-29-20(19)23-16)21(27)25-7-9-26(10-8-25)22(28)18-4-3-11-30-18/h3-6,11-12H,7-10H2,1-2H3. The largest absolute Gasteiger partial charge is 0.335 e. The molecule has 5 heterocycles. The van der Waals surface area contributed by atoms with Gasteiger partial charge in [0.1, 0.15) is 0 Å². The highest BCUT2D eigenvalue weighted by atomic mass is 32.1. The minimum absolute atomic E-state index is 0.0265. The van der Waals surface area contributed by atoms with E-state index in [1.54, 1.807) is 16.2 Å². The molecule has 0 saturated carbocycles. The summed E-state index contributed by atoms with van der Waals surface area (Å²) in [5, 5.41) is 6.58. The van der Waals surface area contributed by atoms with Gasteiger partial charge >= 0.3 is 0 Å². The molecule has 1 saturated heterocycles. The van der Waals surface area contributed by atoms with Crippen LogP contribution in [0.3, 0.4) is 0 Å². The van der Waals surface area contributed by atoms with E-state index in [1.807, 2.05) is 54.5 Å². The minimum atomic E-state index is -0.0866. The van der Waals surface area contributed by atoms with Crippen LogP contribution in [0.15, 0.2) is 40.2 Å². The van der Waals surface area contributed by atoms with Gasteiger partial charge in [-0.25, -0.2) is 4.98 Å². The first-order chi connectivity index (χ1) is 15.0. The van der Waals surface area contributed by atoms with E-state index < -0.39 is 0 Å². The maximum atomic E-state index is 13.5. The predicted octanol–water partition coefficient (Wildman–Crippen LogP) is 4.23. The van der Waals surface area contributed by atoms with Gasteiger partial charge in [0.05, 0.1) is 32.1 Å². The maximum Gasteiger partial charge on any atom is 0.264 e. The van der Waals surface area contributed by atoms with Crippen LogP contribution in [0.5, 0.6) is 0 Å². The Hall–Kier alpha value is -3.04. The van der Waals surface area contributed by atoms with E-state index in [2.05, 4.69) is 10.1 Å². The van der Waals surface area contributed by atoms with E-state index in [9.17, 15) is 9.59 Å². The molecule has 158 valence electrons. The van der Waals surface area contributed by atoms with Gasteiger partial charge in [-0.3, -0.25) is 9.59 Å². The molecule has 0 aromatic carbocycles. The number of hydrogen-bond acceptors (Lipinski definition) is 7. The molecule has 0 aliphatic carbocycles. The quantitative estimate of drug-likeness (QED) is 0.465. The minimum Gasteiger partial charge on any atom is -0.335 e. The Bertz CT molecular complexity index is 1270. The number of rotatable bonds is 3. The van der Waals surface area contributed by atoms with Crippen molar-refractivity contribution >= 4 is 45.6 Å². The first-order valence-corrected chi connectivity index (χ1v) is 11.7. The van der Waals surface area contributed by atoms with Gasteiger partial charge in [0.2, 0.25) is 0 Å². The highest BCUT2D eigenvalue weighted by molar-refractivity contribution is 7.15. The van der Waals surface area contributed by atoms with Crippen LogP contribution >= 0.6 is 22.7 Å². The normalized spacial score (nSPS) is 14.4. The Labute approximate surface area is 186 Å². The van der Waals surface area contributed by atoms with Crippen molar-refractivity contribution in [1.29, 1.82) is 0 Å². The van der Waals surface area contributed by atoms with Gasteiger partial charge in [0.25, 0.3) is 17.5 Å². The second-order valence-corrected chi connectivity index (χ2v) is 9.71. The number of carbonyl (C=O) groups excluding carboxylic acids is 2. The van der Waals surface area contributed by atoms with Gasteiger partial charge in [-0.1, -0.05) is 11.2 Å². The number of pyridine rings is 1. The Morgan fingerprint density at radius 1 is 1.03 bits per heavy atom. The van der Waals surface area contributed by atoms with Gasteiger partial charge in [0.15, 0.2) is 0 Å². The third-order valence-corrected chi connectivity index (χ3v) is 7.31. The van der Waals surface area contributed by atoms with E-state index >= 15 is 0 Å². The molecule has 0 bridgehead atoms. The Morgan fingerprint density at radius 3 is 2.42 bits per heavy atom. The number of piperazine rings is 1. The molecule has 0 spiro atoms. The van der Waals surface area contributed by atoms with Crippen molar-refractivity contribution in [2.75, 3.05) is 26.2 Å². The molecule has 1 aliphatic rings. The smallest absolute Gasteiger partial charge is 0.264 e. The fourth-order valence-corrected chi connectivity index (χ4v) is 5.32. The zero-order chi connectivity index (χ0) is 21.5. The summed E-state index contributed by atoms with van der Waals surface area (Å²) in [5.74, 6) is -0.0601. The zero-order valence-electron chi connectivity index (χ0n) is 17.1. The topological polar surface area (TPSA) is 79.5 Å². The number of aryl methyl sites for hydroxylation is 2. The first kappa shape index (κ1) is 19.9. The Morgan fingerprint density at radius 2 is 1.77 bits per heavy atom. The summed E-state index contributed by atoms with van der Waals surface area (Å²) >= 11 is 3.06.